The minimum absolute atomic E-state index is 0.0735. The van der Waals surface area contributed by atoms with Crippen LogP contribution in [0.5, 0.6) is 0 Å². The predicted molar refractivity (Wildman–Crippen MR) is 202 cm³/mol. The fraction of sp³-hybridized carbons (Fsp3) is 0.700. The predicted octanol–water partition coefficient (Wildman–Crippen LogP) is 5.27. The Bertz CT molecular complexity index is 1300. The first kappa shape index (κ1) is 44.2. The monoisotopic (exact) mass is 727 g/mol. The first-order chi connectivity index (χ1) is 24.7. The highest BCUT2D eigenvalue weighted by Gasteiger charge is 2.46. The van der Waals surface area contributed by atoms with Crippen LogP contribution in [0.15, 0.2) is 30.3 Å². The number of Topliss-reactive ketones (excluding diaryl/α,β-unsaturated/α-hetero) is 1. The van der Waals surface area contributed by atoms with Gasteiger partial charge in [0, 0.05) is 6.54 Å². The summed E-state index contributed by atoms with van der Waals surface area (Å²) in [4.78, 5) is 77.8. The van der Waals surface area contributed by atoms with E-state index < -0.39 is 41.6 Å². The topological polar surface area (TPSA) is 177 Å². The molecule has 0 spiro atoms. The van der Waals surface area contributed by atoms with Gasteiger partial charge in [0.1, 0.15) is 24.7 Å². The van der Waals surface area contributed by atoms with Gasteiger partial charge in [0.15, 0.2) is 5.78 Å². The summed E-state index contributed by atoms with van der Waals surface area (Å²) in [5.74, 6) is -0.493. The third kappa shape index (κ3) is 13.9. The van der Waals surface area contributed by atoms with Crippen LogP contribution in [0.4, 0.5) is 4.79 Å². The van der Waals surface area contributed by atoms with E-state index in [4.69, 9.17) is 9.53 Å². The zero-order valence-corrected chi connectivity index (χ0v) is 32.7. The van der Waals surface area contributed by atoms with Crippen molar-refractivity contribution in [2.75, 3.05) is 6.54 Å². The Labute approximate surface area is 311 Å². The Kier molecular flexibility index (Phi) is 18.3. The van der Waals surface area contributed by atoms with Gasteiger partial charge in [-0.25, -0.2) is 9.59 Å². The molecule has 0 aromatic heterocycles. The minimum Gasteiger partial charge on any atom is -0.459 e. The van der Waals surface area contributed by atoms with Crippen LogP contribution in [0.1, 0.15) is 119 Å². The van der Waals surface area contributed by atoms with E-state index in [1.165, 1.54) is 6.92 Å². The number of carbonyl (C=O) groups is 6. The molecule has 4 rings (SSSR count). The first-order valence-electron chi connectivity index (χ1n) is 19.2. The maximum atomic E-state index is 14.5. The molecule has 2 aliphatic carbocycles. The van der Waals surface area contributed by atoms with E-state index in [0.717, 1.165) is 50.5 Å². The third-order valence-electron chi connectivity index (χ3n) is 10.2. The zero-order valence-electron chi connectivity index (χ0n) is 32.7. The van der Waals surface area contributed by atoms with Gasteiger partial charge in [0.2, 0.25) is 18.2 Å². The molecular weight excluding hydrogens is 662 g/mol. The average Bonchev–Trinajstić information content (AvgIpc) is 3.82. The van der Waals surface area contributed by atoms with Gasteiger partial charge in [-0.2, -0.15) is 0 Å². The largest absolute Gasteiger partial charge is 0.459 e. The van der Waals surface area contributed by atoms with E-state index in [2.05, 4.69) is 35.5 Å². The summed E-state index contributed by atoms with van der Waals surface area (Å²) in [6, 6.07) is 5.64. The van der Waals surface area contributed by atoms with Crippen molar-refractivity contribution in [2.45, 2.75) is 144 Å². The lowest BCUT2D eigenvalue weighted by Crippen LogP contribution is -2.60. The van der Waals surface area contributed by atoms with Crippen LogP contribution in [0.2, 0.25) is 0 Å². The van der Waals surface area contributed by atoms with Gasteiger partial charge in [-0.1, -0.05) is 111 Å². The molecule has 4 unspecified atom stereocenters. The second-order valence-corrected chi connectivity index (χ2v) is 15.6. The lowest BCUT2D eigenvalue weighted by molar-refractivity contribution is -0.150. The van der Waals surface area contributed by atoms with E-state index in [1.54, 1.807) is 4.90 Å². The van der Waals surface area contributed by atoms with Crippen molar-refractivity contribution >= 4 is 36.0 Å². The number of ketones is 1. The number of ether oxygens (including phenoxy) is 1. The third-order valence-corrected chi connectivity index (χ3v) is 10.2. The summed E-state index contributed by atoms with van der Waals surface area (Å²) >= 11 is 0. The van der Waals surface area contributed by atoms with Crippen LogP contribution >= 0.6 is 0 Å². The number of rotatable bonds is 13. The van der Waals surface area contributed by atoms with Crippen LogP contribution in [-0.2, 0) is 35.3 Å². The zero-order chi connectivity index (χ0) is 39.0. The van der Waals surface area contributed by atoms with Crippen LogP contribution in [-0.4, -0.2) is 71.6 Å². The van der Waals surface area contributed by atoms with Gasteiger partial charge in [-0.05, 0) is 67.3 Å². The van der Waals surface area contributed by atoms with Gasteiger partial charge >= 0.3 is 12.0 Å². The van der Waals surface area contributed by atoms with Gasteiger partial charge in [0.25, 0.3) is 0 Å². The normalized spacial score (nSPS) is 20.4. The Morgan fingerprint density at radius 1 is 0.923 bits per heavy atom. The van der Waals surface area contributed by atoms with Crippen LogP contribution in [0.25, 0.3) is 0 Å². The number of hydrogen-bond donors (Lipinski definition) is 4. The quantitative estimate of drug-likeness (QED) is 0.158. The van der Waals surface area contributed by atoms with Gasteiger partial charge in [0.05, 0.1) is 6.04 Å². The molecule has 0 radical (unpaired) electrons. The highest BCUT2D eigenvalue weighted by molar-refractivity contribution is 5.95. The molecular formula is C40H65N5O7. The molecule has 5 atom stereocenters. The lowest BCUT2D eigenvalue weighted by atomic mass is 9.83. The molecule has 292 valence electrons. The molecule has 3 aliphatic rings. The molecule has 5 N–H and O–H groups in total. The van der Waals surface area contributed by atoms with Crippen LogP contribution in [0.3, 0.4) is 0 Å². The molecule has 0 bridgehead atoms. The number of benzene rings is 1. The number of nitrogens with zero attached hydrogens (tertiary/aromatic N) is 1. The van der Waals surface area contributed by atoms with Crippen molar-refractivity contribution in [1.82, 2.24) is 20.9 Å². The summed E-state index contributed by atoms with van der Waals surface area (Å²) < 4.78 is 5.59. The molecule has 52 heavy (non-hydrogen) atoms. The lowest BCUT2D eigenvalue weighted by Gasteiger charge is -2.36. The molecule has 1 saturated heterocycles. The van der Waals surface area contributed by atoms with Crippen molar-refractivity contribution in [3.05, 3.63) is 35.9 Å². The van der Waals surface area contributed by atoms with Crippen molar-refractivity contribution in [3.8, 4) is 0 Å². The summed E-state index contributed by atoms with van der Waals surface area (Å²) in [6.07, 6.45) is 8.07. The number of esters is 1. The Balaban J connectivity index is 0.00000178. The van der Waals surface area contributed by atoms with E-state index in [1.807, 2.05) is 65.0 Å². The standard InChI is InChI=1S/C37H56N4O6.C2H6.CH3NO/c1-23(2)28-20-30(33(43)38-29(24(3)42)19-25-17-18-25)41(21-28)34(44)31(27-15-11-8-12-16-27)39-36(46)40-32(37(4,5)6)35(45)47-22-26-13-9-7-10-14-26;1-2;2-1-3/h7,9-10,13-14,23,25,27-32H,8,11-12,15-22H2,1-6H3,(H,38,43)(H2,39,40,46);1-2H3;1H,(H2,2,3)/t28-,29?,30?,31?,32?;;/m1../s1. The second-order valence-electron chi connectivity index (χ2n) is 15.6. The van der Waals surface area contributed by atoms with Crippen molar-refractivity contribution in [1.29, 1.82) is 0 Å². The second kappa shape index (κ2) is 21.5. The van der Waals surface area contributed by atoms with Crippen molar-refractivity contribution in [3.63, 3.8) is 0 Å². The molecule has 1 aromatic carbocycles. The molecule has 1 aliphatic heterocycles. The highest BCUT2D eigenvalue weighted by Crippen LogP contribution is 2.35. The molecule has 12 nitrogen and oxygen atoms in total. The summed E-state index contributed by atoms with van der Waals surface area (Å²) in [7, 11) is 0. The molecule has 2 saturated carbocycles. The Hall–Kier alpha value is -3.96. The number of hydrogen-bond acceptors (Lipinski definition) is 7. The number of primary amides is 1. The number of urea groups is 1. The molecule has 12 heteroatoms. The fourth-order valence-electron chi connectivity index (χ4n) is 6.91. The number of nitrogens with one attached hydrogen (secondary N) is 3. The molecule has 3 fully saturated rings. The summed E-state index contributed by atoms with van der Waals surface area (Å²) in [5, 5.41) is 8.76. The number of likely N-dealkylation sites (tertiary alicyclic amines) is 1. The van der Waals surface area contributed by atoms with E-state index in [0.29, 0.717) is 25.3 Å². The van der Waals surface area contributed by atoms with Crippen LogP contribution < -0.4 is 21.7 Å². The SMILES string of the molecule is CC.CC(=O)C(CC1CC1)NC(=O)C1C[C@@H](C(C)C)CN1C(=O)C(NC(=O)NC(C(=O)OCc1ccccc1)C(C)(C)C)C1CCCCC1.NC=O. The van der Waals surface area contributed by atoms with E-state index >= 15 is 0 Å². The Morgan fingerprint density at radius 3 is 2.04 bits per heavy atom. The summed E-state index contributed by atoms with van der Waals surface area (Å²) in [6.45, 7) is 15.7. The van der Waals surface area contributed by atoms with Gasteiger partial charge in [-0.3, -0.25) is 19.2 Å². The number of nitrogens with two attached hydrogens (primary N) is 1. The van der Waals surface area contributed by atoms with Gasteiger partial charge in [-0.15, -0.1) is 0 Å². The van der Waals surface area contributed by atoms with Crippen molar-refractivity contribution in [2.24, 2.45) is 34.8 Å². The maximum absolute atomic E-state index is 14.5. The van der Waals surface area contributed by atoms with Crippen LogP contribution in [0, 0.1) is 29.1 Å². The van der Waals surface area contributed by atoms with Gasteiger partial charge < -0.3 is 31.3 Å². The molecule has 5 amide bonds. The summed E-state index contributed by atoms with van der Waals surface area (Å²) in [5.41, 5.74) is 4.35. The highest BCUT2D eigenvalue weighted by atomic mass is 16.5. The number of amides is 5. The molecule has 1 aromatic rings. The minimum atomic E-state index is -0.959. The average molecular weight is 728 g/mol. The maximum Gasteiger partial charge on any atom is 0.329 e. The fourth-order valence-corrected chi connectivity index (χ4v) is 6.91. The van der Waals surface area contributed by atoms with Crippen molar-refractivity contribution < 1.29 is 33.5 Å². The first-order valence-corrected chi connectivity index (χ1v) is 19.2. The van der Waals surface area contributed by atoms with E-state index in [9.17, 15) is 24.0 Å². The smallest absolute Gasteiger partial charge is 0.329 e. The van der Waals surface area contributed by atoms with E-state index in [-0.39, 0.29) is 48.4 Å². The Morgan fingerprint density at radius 2 is 1.52 bits per heavy atom. The number of carbonyl (C=O) groups excluding carboxylic acids is 6. The molecule has 1 heterocycles.